The first-order valence-corrected chi connectivity index (χ1v) is 8.53. The number of nitrogens with one attached hydrogen (secondary N) is 1. The zero-order chi connectivity index (χ0) is 18.0. The van der Waals surface area contributed by atoms with Crippen LogP contribution < -0.4 is 10.1 Å². The maximum absolute atomic E-state index is 12.7. The van der Waals surface area contributed by atoms with Gasteiger partial charge in [0.1, 0.15) is 5.75 Å². The summed E-state index contributed by atoms with van der Waals surface area (Å²) >= 11 is 0. The number of methoxy groups -OCH3 is 1. The standard InChI is InChI=1S/C18H23N3O4/c1-12(22)19-15-11-14(5-6-16(15)25-2)18(24)21-9-7-20(8-10-21)17(23)13-3-4-13/h5-6,11,13H,3-4,7-10H2,1-2H3,(H,19,22). The Morgan fingerprint density at radius 3 is 2.28 bits per heavy atom. The van der Waals surface area contributed by atoms with Crippen molar-refractivity contribution < 1.29 is 19.1 Å². The monoisotopic (exact) mass is 345 g/mol. The smallest absolute Gasteiger partial charge is 0.254 e. The van der Waals surface area contributed by atoms with Crippen molar-refractivity contribution in [3.05, 3.63) is 23.8 Å². The Kier molecular flexibility index (Phi) is 4.92. The third-order valence-electron chi connectivity index (χ3n) is 4.56. The number of amides is 3. The van der Waals surface area contributed by atoms with E-state index in [1.807, 2.05) is 4.90 Å². The second kappa shape index (κ2) is 7.13. The van der Waals surface area contributed by atoms with E-state index >= 15 is 0 Å². The summed E-state index contributed by atoms with van der Waals surface area (Å²) in [5, 5.41) is 2.68. The summed E-state index contributed by atoms with van der Waals surface area (Å²) in [6.07, 6.45) is 1.99. The number of carbonyl (C=O) groups is 3. The van der Waals surface area contributed by atoms with Crippen molar-refractivity contribution in [1.82, 2.24) is 9.80 Å². The number of carbonyl (C=O) groups excluding carboxylic acids is 3. The van der Waals surface area contributed by atoms with Crippen molar-refractivity contribution >= 4 is 23.4 Å². The normalized spacial score (nSPS) is 17.2. The summed E-state index contributed by atoms with van der Waals surface area (Å²) in [6.45, 7) is 3.62. The Balaban J connectivity index is 1.66. The molecule has 1 aromatic carbocycles. The predicted octanol–water partition coefficient (Wildman–Crippen LogP) is 1.35. The van der Waals surface area contributed by atoms with Crippen molar-refractivity contribution in [2.45, 2.75) is 19.8 Å². The zero-order valence-electron chi connectivity index (χ0n) is 14.6. The Labute approximate surface area is 146 Å². The van der Waals surface area contributed by atoms with Gasteiger partial charge in [-0.15, -0.1) is 0 Å². The van der Waals surface area contributed by atoms with E-state index in [2.05, 4.69) is 5.32 Å². The number of nitrogens with zero attached hydrogens (tertiary/aromatic N) is 2. The second-order valence-electron chi connectivity index (χ2n) is 6.49. The van der Waals surface area contributed by atoms with E-state index in [4.69, 9.17) is 4.74 Å². The summed E-state index contributed by atoms with van der Waals surface area (Å²) in [5.74, 6) is 0.614. The molecule has 1 aliphatic heterocycles. The molecule has 0 aromatic heterocycles. The molecule has 3 rings (SSSR count). The van der Waals surface area contributed by atoms with E-state index in [0.717, 1.165) is 12.8 Å². The predicted molar refractivity (Wildman–Crippen MR) is 92.5 cm³/mol. The molecule has 0 unspecified atom stereocenters. The molecule has 1 aromatic rings. The average Bonchev–Trinajstić information content (AvgIpc) is 3.45. The molecular weight excluding hydrogens is 322 g/mol. The van der Waals surface area contributed by atoms with Gasteiger partial charge in [0, 0.05) is 44.6 Å². The lowest BCUT2D eigenvalue weighted by Crippen LogP contribution is -2.51. The summed E-state index contributed by atoms with van der Waals surface area (Å²) in [6, 6.07) is 4.99. The van der Waals surface area contributed by atoms with Crippen LogP contribution in [0.15, 0.2) is 18.2 Å². The van der Waals surface area contributed by atoms with Gasteiger partial charge < -0.3 is 19.9 Å². The number of benzene rings is 1. The summed E-state index contributed by atoms with van der Waals surface area (Å²) < 4.78 is 5.21. The molecule has 1 heterocycles. The maximum Gasteiger partial charge on any atom is 0.254 e. The van der Waals surface area contributed by atoms with Crippen LogP contribution in [0.5, 0.6) is 5.75 Å². The Morgan fingerprint density at radius 2 is 1.72 bits per heavy atom. The number of piperazine rings is 1. The fourth-order valence-corrected chi connectivity index (χ4v) is 3.03. The molecule has 1 saturated heterocycles. The SMILES string of the molecule is COc1ccc(C(=O)N2CCN(C(=O)C3CC3)CC2)cc1NC(C)=O. The lowest BCUT2D eigenvalue weighted by atomic mass is 10.1. The minimum atomic E-state index is -0.227. The largest absolute Gasteiger partial charge is 0.495 e. The van der Waals surface area contributed by atoms with Crippen molar-refractivity contribution in [2.75, 3.05) is 38.6 Å². The lowest BCUT2D eigenvalue weighted by molar-refractivity contribution is -0.134. The van der Waals surface area contributed by atoms with Crippen molar-refractivity contribution in [1.29, 1.82) is 0 Å². The Bertz CT molecular complexity index is 692. The van der Waals surface area contributed by atoms with Crippen LogP contribution in [0, 0.1) is 5.92 Å². The summed E-state index contributed by atoms with van der Waals surface area (Å²) in [5.41, 5.74) is 0.968. The first kappa shape index (κ1) is 17.3. The first-order valence-electron chi connectivity index (χ1n) is 8.53. The van der Waals surface area contributed by atoms with Crippen LogP contribution in [0.3, 0.4) is 0 Å². The lowest BCUT2D eigenvalue weighted by Gasteiger charge is -2.35. The van der Waals surface area contributed by atoms with Crippen LogP contribution in [0.25, 0.3) is 0 Å². The third-order valence-corrected chi connectivity index (χ3v) is 4.56. The van der Waals surface area contributed by atoms with Gasteiger partial charge in [0.15, 0.2) is 0 Å². The minimum Gasteiger partial charge on any atom is -0.495 e. The molecule has 7 nitrogen and oxygen atoms in total. The van der Waals surface area contributed by atoms with Crippen molar-refractivity contribution in [3.63, 3.8) is 0 Å². The molecule has 1 saturated carbocycles. The van der Waals surface area contributed by atoms with Gasteiger partial charge in [-0.3, -0.25) is 14.4 Å². The fourth-order valence-electron chi connectivity index (χ4n) is 3.03. The number of ether oxygens (including phenoxy) is 1. The van der Waals surface area contributed by atoms with Gasteiger partial charge in [0.25, 0.3) is 5.91 Å². The highest BCUT2D eigenvalue weighted by molar-refractivity contribution is 5.98. The second-order valence-corrected chi connectivity index (χ2v) is 6.49. The maximum atomic E-state index is 12.7. The number of hydrogen-bond acceptors (Lipinski definition) is 4. The molecule has 7 heteroatoms. The van der Waals surface area contributed by atoms with Crippen LogP contribution >= 0.6 is 0 Å². The number of hydrogen-bond donors (Lipinski definition) is 1. The van der Waals surface area contributed by atoms with Gasteiger partial charge in [-0.2, -0.15) is 0 Å². The number of anilines is 1. The van der Waals surface area contributed by atoms with Gasteiger partial charge in [0.05, 0.1) is 12.8 Å². The van der Waals surface area contributed by atoms with Crippen molar-refractivity contribution in [2.24, 2.45) is 5.92 Å². The minimum absolute atomic E-state index is 0.104. The first-order chi connectivity index (χ1) is 12.0. The molecular formula is C18H23N3O4. The van der Waals surface area contributed by atoms with Crippen LogP contribution in [0.4, 0.5) is 5.69 Å². The van der Waals surface area contributed by atoms with Crippen LogP contribution in [-0.2, 0) is 9.59 Å². The average molecular weight is 345 g/mol. The van der Waals surface area contributed by atoms with Gasteiger partial charge in [0.2, 0.25) is 11.8 Å². The van der Waals surface area contributed by atoms with Crippen molar-refractivity contribution in [3.8, 4) is 5.75 Å². The van der Waals surface area contributed by atoms with E-state index in [9.17, 15) is 14.4 Å². The quantitative estimate of drug-likeness (QED) is 0.893. The molecule has 25 heavy (non-hydrogen) atoms. The molecule has 0 bridgehead atoms. The van der Waals surface area contributed by atoms with E-state index in [1.165, 1.54) is 14.0 Å². The third kappa shape index (κ3) is 3.92. The highest BCUT2D eigenvalue weighted by Crippen LogP contribution is 2.31. The Morgan fingerprint density at radius 1 is 1.08 bits per heavy atom. The summed E-state index contributed by atoms with van der Waals surface area (Å²) in [7, 11) is 1.51. The van der Waals surface area contributed by atoms with E-state index < -0.39 is 0 Å². The number of rotatable bonds is 4. The molecule has 1 N–H and O–H groups in total. The fraction of sp³-hybridized carbons (Fsp3) is 0.500. The van der Waals surface area contributed by atoms with Gasteiger partial charge in [-0.25, -0.2) is 0 Å². The molecule has 134 valence electrons. The highest BCUT2D eigenvalue weighted by Gasteiger charge is 2.35. The molecule has 0 atom stereocenters. The Hall–Kier alpha value is -2.57. The molecule has 1 aliphatic carbocycles. The molecule has 3 amide bonds. The van der Waals surface area contributed by atoms with Gasteiger partial charge in [-0.05, 0) is 31.0 Å². The molecule has 0 spiro atoms. The van der Waals surface area contributed by atoms with E-state index in [1.54, 1.807) is 23.1 Å². The zero-order valence-corrected chi connectivity index (χ0v) is 14.6. The van der Waals surface area contributed by atoms with Gasteiger partial charge >= 0.3 is 0 Å². The van der Waals surface area contributed by atoms with E-state index in [0.29, 0.717) is 43.2 Å². The topological polar surface area (TPSA) is 79.0 Å². The molecule has 2 aliphatic rings. The molecule has 2 fully saturated rings. The van der Waals surface area contributed by atoms with Crippen LogP contribution in [0.2, 0.25) is 0 Å². The van der Waals surface area contributed by atoms with Crippen LogP contribution in [0.1, 0.15) is 30.1 Å². The highest BCUT2D eigenvalue weighted by atomic mass is 16.5. The summed E-state index contributed by atoms with van der Waals surface area (Å²) in [4.78, 5) is 39.8. The molecule has 0 radical (unpaired) electrons. The van der Waals surface area contributed by atoms with Gasteiger partial charge in [-0.1, -0.05) is 0 Å². The van der Waals surface area contributed by atoms with E-state index in [-0.39, 0.29) is 23.6 Å². The van der Waals surface area contributed by atoms with Crippen LogP contribution in [-0.4, -0.2) is 60.8 Å².